The highest BCUT2D eigenvalue weighted by molar-refractivity contribution is 7.98. The van der Waals surface area contributed by atoms with Crippen molar-refractivity contribution >= 4 is 29.3 Å². The number of rotatable bonds is 2. The summed E-state index contributed by atoms with van der Waals surface area (Å²) in [6.07, 6.45) is 2.94. The lowest BCUT2D eigenvalue weighted by Crippen LogP contribution is -2.18. The summed E-state index contributed by atoms with van der Waals surface area (Å²) < 4.78 is 0. The van der Waals surface area contributed by atoms with E-state index in [2.05, 4.69) is 38.1 Å². The van der Waals surface area contributed by atoms with Crippen molar-refractivity contribution in [3.05, 3.63) is 29.8 Å². The van der Waals surface area contributed by atoms with Gasteiger partial charge in [0.25, 0.3) is 0 Å². The van der Waals surface area contributed by atoms with Crippen LogP contribution < -0.4 is 10.6 Å². The van der Waals surface area contributed by atoms with Gasteiger partial charge in [-0.15, -0.1) is 0 Å². The van der Waals surface area contributed by atoms with Gasteiger partial charge in [-0.05, 0) is 24.3 Å². The highest BCUT2D eigenvalue weighted by Gasteiger charge is 2.22. The first kappa shape index (κ1) is 11.3. The molecule has 2 aromatic rings. The van der Waals surface area contributed by atoms with E-state index in [1.54, 1.807) is 0 Å². The molecule has 0 fully saturated rings. The van der Waals surface area contributed by atoms with Gasteiger partial charge in [-0.2, -0.15) is 15.0 Å². The molecule has 0 atom stereocenters. The van der Waals surface area contributed by atoms with Gasteiger partial charge in [0.1, 0.15) is 0 Å². The molecule has 92 valence electrons. The number of nitrogen functional groups attached to an aromatic ring is 1. The highest BCUT2D eigenvalue weighted by atomic mass is 32.2. The van der Waals surface area contributed by atoms with Crippen molar-refractivity contribution in [3.63, 3.8) is 0 Å². The van der Waals surface area contributed by atoms with Crippen LogP contribution in [0.1, 0.15) is 5.56 Å². The quantitative estimate of drug-likeness (QED) is 0.830. The molecule has 0 aliphatic carbocycles. The fourth-order valence-corrected chi connectivity index (χ4v) is 2.48. The van der Waals surface area contributed by atoms with E-state index in [-0.39, 0.29) is 5.95 Å². The van der Waals surface area contributed by atoms with Crippen LogP contribution in [-0.4, -0.2) is 27.8 Å². The fraction of sp³-hybridized carbons (Fsp3) is 0.250. The number of hydrogen-bond acceptors (Lipinski definition) is 6. The molecule has 1 aromatic heterocycles. The third-order valence-electron chi connectivity index (χ3n) is 2.93. The van der Waals surface area contributed by atoms with Crippen molar-refractivity contribution in [2.75, 3.05) is 23.4 Å². The Bertz CT molecular complexity index is 586. The summed E-state index contributed by atoms with van der Waals surface area (Å²) in [4.78, 5) is 14.8. The third kappa shape index (κ3) is 1.88. The number of thioether (sulfide) groups is 1. The van der Waals surface area contributed by atoms with Crippen molar-refractivity contribution in [2.45, 2.75) is 11.6 Å². The number of anilines is 3. The Kier molecular flexibility index (Phi) is 2.79. The maximum absolute atomic E-state index is 5.72. The molecule has 1 aliphatic rings. The van der Waals surface area contributed by atoms with Crippen LogP contribution >= 0.6 is 11.8 Å². The van der Waals surface area contributed by atoms with Crippen molar-refractivity contribution in [2.24, 2.45) is 0 Å². The van der Waals surface area contributed by atoms with Gasteiger partial charge in [-0.25, -0.2) is 0 Å². The van der Waals surface area contributed by atoms with Crippen LogP contribution in [0.3, 0.4) is 0 Å². The van der Waals surface area contributed by atoms with E-state index in [0.29, 0.717) is 11.1 Å². The van der Waals surface area contributed by atoms with Crippen molar-refractivity contribution in [3.8, 4) is 0 Å². The smallest absolute Gasteiger partial charge is 0.235 e. The minimum absolute atomic E-state index is 0.272. The number of aromatic nitrogens is 3. The van der Waals surface area contributed by atoms with Crippen LogP contribution in [0.15, 0.2) is 29.4 Å². The number of para-hydroxylation sites is 1. The van der Waals surface area contributed by atoms with Crippen molar-refractivity contribution in [1.82, 2.24) is 15.0 Å². The van der Waals surface area contributed by atoms with Gasteiger partial charge in [0.15, 0.2) is 5.16 Å². The molecule has 0 amide bonds. The molecular formula is C12H13N5S. The SMILES string of the molecule is CSc1nc(N)nc(N2CCc3ccccc32)n1. The summed E-state index contributed by atoms with van der Waals surface area (Å²) in [6.45, 7) is 0.886. The number of benzene rings is 1. The monoisotopic (exact) mass is 259 g/mol. The van der Waals surface area contributed by atoms with Crippen LogP contribution in [0.25, 0.3) is 0 Å². The van der Waals surface area contributed by atoms with E-state index in [1.807, 2.05) is 12.3 Å². The maximum Gasteiger partial charge on any atom is 0.235 e. The van der Waals surface area contributed by atoms with E-state index >= 15 is 0 Å². The molecule has 0 saturated carbocycles. The largest absolute Gasteiger partial charge is 0.368 e. The van der Waals surface area contributed by atoms with E-state index in [4.69, 9.17) is 5.73 Å². The predicted molar refractivity (Wildman–Crippen MR) is 73.2 cm³/mol. The predicted octanol–water partition coefficient (Wildman–Crippen LogP) is 1.87. The molecule has 6 heteroatoms. The molecule has 1 aliphatic heterocycles. The normalized spacial score (nSPS) is 13.7. The molecule has 0 saturated heterocycles. The number of hydrogen-bond donors (Lipinski definition) is 1. The maximum atomic E-state index is 5.72. The van der Waals surface area contributed by atoms with E-state index < -0.39 is 0 Å². The Balaban J connectivity index is 2.04. The van der Waals surface area contributed by atoms with Crippen LogP contribution in [0.5, 0.6) is 0 Å². The standard InChI is InChI=1S/C12H13N5S/c1-18-12-15-10(13)14-11(16-12)17-7-6-8-4-2-3-5-9(8)17/h2-5H,6-7H2,1H3,(H2,13,14,15,16). The summed E-state index contributed by atoms with van der Waals surface area (Å²) in [5.41, 5.74) is 8.20. The lowest BCUT2D eigenvalue weighted by molar-refractivity contribution is 0.863. The molecule has 2 N–H and O–H groups in total. The molecule has 0 radical (unpaired) electrons. The zero-order chi connectivity index (χ0) is 12.5. The van der Waals surface area contributed by atoms with Gasteiger partial charge < -0.3 is 10.6 Å². The first-order valence-corrected chi connectivity index (χ1v) is 6.91. The molecule has 18 heavy (non-hydrogen) atoms. The molecule has 3 rings (SSSR count). The average Bonchev–Trinajstić information content (AvgIpc) is 2.81. The van der Waals surface area contributed by atoms with Crippen molar-refractivity contribution in [1.29, 1.82) is 0 Å². The highest BCUT2D eigenvalue weighted by Crippen LogP contribution is 2.32. The van der Waals surface area contributed by atoms with Crippen LogP contribution in [-0.2, 0) is 6.42 Å². The number of nitrogens with zero attached hydrogens (tertiary/aromatic N) is 4. The first-order valence-electron chi connectivity index (χ1n) is 5.69. The molecule has 2 heterocycles. The third-order valence-corrected chi connectivity index (χ3v) is 3.48. The Labute approximate surface area is 109 Å². The second-order valence-electron chi connectivity index (χ2n) is 4.01. The van der Waals surface area contributed by atoms with E-state index in [0.717, 1.165) is 18.7 Å². The van der Waals surface area contributed by atoms with Gasteiger partial charge >= 0.3 is 0 Å². The van der Waals surface area contributed by atoms with E-state index in [1.165, 1.54) is 17.3 Å². The summed E-state index contributed by atoms with van der Waals surface area (Å²) in [6, 6.07) is 8.30. The van der Waals surface area contributed by atoms with Gasteiger partial charge in [-0.3, -0.25) is 0 Å². The minimum Gasteiger partial charge on any atom is -0.368 e. The molecule has 0 spiro atoms. The van der Waals surface area contributed by atoms with Crippen molar-refractivity contribution < 1.29 is 0 Å². The first-order chi connectivity index (χ1) is 8.78. The Hall–Kier alpha value is -1.82. The van der Waals surface area contributed by atoms with Crippen LogP contribution in [0, 0.1) is 0 Å². The second-order valence-corrected chi connectivity index (χ2v) is 4.78. The van der Waals surface area contributed by atoms with Crippen LogP contribution in [0.4, 0.5) is 17.6 Å². The lowest BCUT2D eigenvalue weighted by Gasteiger charge is -2.17. The average molecular weight is 259 g/mol. The number of fused-ring (bicyclic) bond motifs is 1. The lowest BCUT2D eigenvalue weighted by atomic mass is 10.2. The number of nitrogens with two attached hydrogens (primary N) is 1. The fourth-order valence-electron chi connectivity index (χ4n) is 2.12. The van der Waals surface area contributed by atoms with Gasteiger partial charge in [0, 0.05) is 12.2 Å². The Morgan fingerprint density at radius 2 is 2.06 bits per heavy atom. The summed E-state index contributed by atoms with van der Waals surface area (Å²) >= 11 is 1.47. The molecule has 0 unspecified atom stereocenters. The second kappa shape index (κ2) is 4.45. The minimum atomic E-state index is 0.272. The molecule has 5 nitrogen and oxygen atoms in total. The molecule has 0 bridgehead atoms. The van der Waals surface area contributed by atoms with Gasteiger partial charge in [0.2, 0.25) is 11.9 Å². The van der Waals surface area contributed by atoms with Crippen LogP contribution in [0.2, 0.25) is 0 Å². The van der Waals surface area contributed by atoms with Gasteiger partial charge in [0.05, 0.1) is 0 Å². The summed E-state index contributed by atoms with van der Waals surface area (Å²) in [7, 11) is 0. The Morgan fingerprint density at radius 3 is 2.89 bits per heavy atom. The zero-order valence-corrected chi connectivity index (χ0v) is 10.8. The summed E-state index contributed by atoms with van der Waals surface area (Å²) in [5, 5.41) is 0.655. The van der Waals surface area contributed by atoms with Gasteiger partial charge in [-0.1, -0.05) is 30.0 Å². The molecular weight excluding hydrogens is 246 g/mol. The van der Waals surface area contributed by atoms with E-state index in [9.17, 15) is 0 Å². The topological polar surface area (TPSA) is 67.9 Å². The Morgan fingerprint density at radius 1 is 1.22 bits per heavy atom. The summed E-state index contributed by atoms with van der Waals surface area (Å²) in [5.74, 6) is 0.908. The zero-order valence-electron chi connectivity index (χ0n) is 10.00. The molecule has 1 aromatic carbocycles.